The summed E-state index contributed by atoms with van der Waals surface area (Å²) in [5.41, 5.74) is 1.52. The van der Waals surface area contributed by atoms with E-state index in [0.717, 1.165) is 5.69 Å². The van der Waals surface area contributed by atoms with Crippen molar-refractivity contribution >= 4 is 44.8 Å². The van der Waals surface area contributed by atoms with E-state index in [0.29, 0.717) is 18.7 Å². The Bertz CT molecular complexity index is 988. The van der Waals surface area contributed by atoms with Gasteiger partial charge in [0.05, 0.1) is 10.0 Å². The Morgan fingerprint density at radius 1 is 1.00 bits per heavy atom. The van der Waals surface area contributed by atoms with Crippen LogP contribution in [-0.4, -0.2) is 63.8 Å². The van der Waals surface area contributed by atoms with Crippen LogP contribution in [0.1, 0.15) is 10.4 Å². The monoisotopic (exact) mass is 441 g/mol. The zero-order chi connectivity index (χ0) is 20.5. The highest BCUT2D eigenvalue weighted by atomic mass is 35.5. The molecule has 1 amide bonds. The van der Waals surface area contributed by atoms with Crippen LogP contribution in [0.5, 0.6) is 0 Å². The molecular formula is C19H21Cl2N3O3S. The molecule has 2 aromatic carbocycles. The summed E-state index contributed by atoms with van der Waals surface area (Å²) in [4.78, 5) is 16.4. The molecule has 1 fully saturated rings. The van der Waals surface area contributed by atoms with Crippen LogP contribution in [0.2, 0.25) is 10.0 Å². The molecular weight excluding hydrogens is 421 g/mol. The molecule has 0 N–H and O–H groups in total. The number of rotatable bonds is 4. The maximum absolute atomic E-state index is 12.9. The number of hydrogen-bond donors (Lipinski definition) is 0. The smallest absolute Gasteiger partial charge is 0.254 e. The number of piperazine rings is 1. The first-order valence-corrected chi connectivity index (χ1v) is 10.9. The molecule has 3 rings (SSSR count). The number of carbonyl (C=O) groups excluding carboxylic acids is 1. The number of amides is 1. The molecule has 1 heterocycles. The molecule has 0 aliphatic carbocycles. The predicted molar refractivity (Wildman–Crippen MR) is 112 cm³/mol. The lowest BCUT2D eigenvalue weighted by Crippen LogP contribution is -2.50. The molecule has 0 atom stereocenters. The van der Waals surface area contributed by atoms with E-state index in [9.17, 15) is 13.2 Å². The second kappa shape index (κ2) is 8.29. The van der Waals surface area contributed by atoms with Crippen molar-refractivity contribution in [2.75, 3.05) is 45.2 Å². The lowest BCUT2D eigenvalue weighted by atomic mass is 10.1. The van der Waals surface area contributed by atoms with Gasteiger partial charge in [-0.05, 0) is 30.3 Å². The maximum atomic E-state index is 12.9. The van der Waals surface area contributed by atoms with Crippen molar-refractivity contribution in [1.82, 2.24) is 9.21 Å². The Hall–Kier alpha value is -1.80. The SMILES string of the molecule is CN(C)c1cccc(C(=O)N2CCN(S(=O)(=O)c3cccc(Cl)c3Cl)CC2)c1. The first kappa shape index (κ1) is 20.9. The van der Waals surface area contributed by atoms with Gasteiger partial charge >= 0.3 is 0 Å². The third-order valence-electron chi connectivity index (χ3n) is 4.67. The number of sulfonamides is 1. The fourth-order valence-electron chi connectivity index (χ4n) is 3.05. The third-order valence-corrected chi connectivity index (χ3v) is 7.54. The Morgan fingerprint density at radius 2 is 1.64 bits per heavy atom. The lowest BCUT2D eigenvalue weighted by Gasteiger charge is -2.34. The summed E-state index contributed by atoms with van der Waals surface area (Å²) < 4.78 is 27.1. The second-order valence-corrected chi connectivity index (χ2v) is 9.38. The molecule has 150 valence electrons. The topological polar surface area (TPSA) is 60.9 Å². The van der Waals surface area contributed by atoms with Crippen LogP contribution in [0.3, 0.4) is 0 Å². The van der Waals surface area contributed by atoms with Crippen molar-refractivity contribution in [3.8, 4) is 0 Å². The number of nitrogens with zero attached hydrogens (tertiary/aromatic N) is 3. The van der Waals surface area contributed by atoms with Crippen molar-refractivity contribution < 1.29 is 13.2 Å². The van der Waals surface area contributed by atoms with Gasteiger partial charge in [0, 0.05) is 51.5 Å². The van der Waals surface area contributed by atoms with Crippen LogP contribution < -0.4 is 4.90 Å². The number of anilines is 1. The normalized spacial score (nSPS) is 15.5. The minimum Gasteiger partial charge on any atom is -0.378 e. The van der Waals surface area contributed by atoms with E-state index in [-0.39, 0.29) is 33.9 Å². The summed E-state index contributed by atoms with van der Waals surface area (Å²) in [6.07, 6.45) is 0. The van der Waals surface area contributed by atoms with Crippen molar-refractivity contribution in [3.63, 3.8) is 0 Å². The average Bonchev–Trinajstić information content (AvgIpc) is 2.69. The van der Waals surface area contributed by atoms with Gasteiger partial charge in [0.1, 0.15) is 4.90 Å². The highest BCUT2D eigenvalue weighted by Crippen LogP contribution is 2.31. The second-order valence-electron chi connectivity index (χ2n) is 6.69. The van der Waals surface area contributed by atoms with Crippen molar-refractivity contribution in [3.05, 3.63) is 58.1 Å². The van der Waals surface area contributed by atoms with Gasteiger partial charge in [-0.25, -0.2) is 8.42 Å². The molecule has 9 heteroatoms. The number of halogens is 2. The first-order chi connectivity index (χ1) is 13.2. The largest absolute Gasteiger partial charge is 0.378 e. The Balaban J connectivity index is 1.73. The molecule has 0 radical (unpaired) electrons. The molecule has 0 aromatic heterocycles. The molecule has 2 aromatic rings. The average molecular weight is 442 g/mol. The molecule has 0 bridgehead atoms. The highest BCUT2D eigenvalue weighted by molar-refractivity contribution is 7.89. The van der Waals surface area contributed by atoms with Gasteiger partial charge in [-0.15, -0.1) is 0 Å². The summed E-state index contributed by atoms with van der Waals surface area (Å²) in [5.74, 6) is -0.110. The number of benzene rings is 2. The summed E-state index contributed by atoms with van der Waals surface area (Å²) in [5, 5.41) is 0.209. The van der Waals surface area contributed by atoms with Gasteiger partial charge in [0.2, 0.25) is 10.0 Å². The summed E-state index contributed by atoms with van der Waals surface area (Å²) >= 11 is 12.0. The molecule has 28 heavy (non-hydrogen) atoms. The first-order valence-electron chi connectivity index (χ1n) is 8.72. The number of carbonyl (C=O) groups is 1. The van der Waals surface area contributed by atoms with Crippen LogP contribution in [0.15, 0.2) is 47.4 Å². The quantitative estimate of drug-likeness (QED) is 0.730. The van der Waals surface area contributed by atoms with E-state index < -0.39 is 10.0 Å². The van der Waals surface area contributed by atoms with Crippen molar-refractivity contribution in [2.24, 2.45) is 0 Å². The van der Waals surface area contributed by atoms with Crippen LogP contribution >= 0.6 is 23.2 Å². The molecule has 0 saturated carbocycles. The van der Waals surface area contributed by atoms with Crippen LogP contribution in [-0.2, 0) is 10.0 Å². The zero-order valence-electron chi connectivity index (χ0n) is 15.6. The van der Waals surface area contributed by atoms with Crippen LogP contribution in [0.4, 0.5) is 5.69 Å². The Morgan fingerprint density at radius 3 is 2.29 bits per heavy atom. The molecule has 1 saturated heterocycles. The van der Waals surface area contributed by atoms with Gasteiger partial charge in [-0.1, -0.05) is 35.3 Å². The van der Waals surface area contributed by atoms with Gasteiger partial charge in [0.25, 0.3) is 5.91 Å². The van der Waals surface area contributed by atoms with Gasteiger partial charge in [-0.3, -0.25) is 4.79 Å². The minimum absolute atomic E-state index is 0.0138. The van der Waals surface area contributed by atoms with Crippen molar-refractivity contribution in [2.45, 2.75) is 4.90 Å². The molecule has 0 spiro atoms. The minimum atomic E-state index is -3.77. The van der Waals surface area contributed by atoms with E-state index in [1.54, 1.807) is 23.1 Å². The van der Waals surface area contributed by atoms with E-state index in [4.69, 9.17) is 23.2 Å². The van der Waals surface area contributed by atoms with Crippen LogP contribution in [0.25, 0.3) is 0 Å². The Labute approximate surface area is 175 Å². The van der Waals surface area contributed by atoms with Gasteiger partial charge < -0.3 is 9.80 Å². The Kier molecular flexibility index (Phi) is 6.19. The number of hydrogen-bond acceptors (Lipinski definition) is 4. The van der Waals surface area contributed by atoms with Gasteiger partial charge in [-0.2, -0.15) is 4.31 Å². The van der Waals surface area contributed by atoms with E-state index in [2.05, 4.69) is 0 Å². The molecule has 1 aliphatic heterocycles. The fourth-order valence-corrected chi connectivity index (χ4v) is 5.21. The van der Waals surface area contributed by atoms with E-state index >= 15 is 0 Å². The third kappa shape index (κ3) is 4.12. The maximum Gasteiger partial charge on any atom is 0.254 e. The highest BCUT2D eigenvalue weighted by Gasteiger charge is 2.32. The summed E-state index contributed by atoms with van der Waals surface area (Å²) in [6.45, 7) is 1.01. The van der Waals surface area contributed by atoms with Gasteiger partial charge in [0.15, 0.2) is 0 Å². The lowest BCUT2D eigenvalue weighted by molar-refractivity contribution is 0.0698. The molecule has 6 nitrogen and oxygen atoms in total. The molecule has 1 aliphatic rings. The van der Waals surface area contributed by atoms with Crippen molar-refractivity contribution in [1.29, 1.82) is 0 Å². The molecule has 0 unspecified atom stereocenters. The zero-order valence-corrected chi connectivity index (χ0v) is 17.9. The van der Waals surface area contributed by atoms with Crippen LogP contribution in [0, 0.1) is 0 Å². The van der Waals surface area contributed by atoms with E-state index in [1.807, 2.05) is 37.2 Å². The fraction of sp³-hybridized carbons (Fsp3) is 0.316. The summed E-state index contributed by atoms with van der Waals surface area (Å²) in [7, 11) is 0.0472. The summed E-state index contributed by atoms with van der Waals surface area (Å²) in [6, 6.07) is 11.9. The van der Waals surface area contributed by atoms with E-state index in [1.165, 1.54) is 10.4 Å². The predicted octanol–water partition coefficient (Wildman–Crippen LogP) is 3.21. The standard InChI is InChI=1S/C19H21Cl2N3O3S/c1-22(2)15-6-3-5-14(13-15)19(25)23-9-11-24(12-10-23)28(26,27)17-8-4-7-16(20)18(17)21/h3-8,13H,9-12H2,1-2H3.